The third-order valence-electron chi connectivity index (χ3n) is 5.57. The van der Waals surface area contributed by atoms with Crippen LogP contribution in [0, 0.1) is 0 Å². The third-order valence-corrected chi connectivity index (χ3v) is 6.90. The summed E-state index contributed by atoms with van der Waals surface area (Å²) in [6.45, 7) is 7.54. The molecule has 0 radical (unpaired) electrons. The van der Waals surface area contributed by atoms with Crippen molar-refractivity contribution in [3.8, 4) is 11.5 Å². The van der Waals surface area contributed by atoms with Crippen LogP contribution in [0.25, 0.3) is 6.08 Å². The maximum atomic E-state index is 13.7. The van der Waals surface area contributed by atoms with Crippen molar-refractivity contribution in [3.63, 3.8) is 0 Å². The van der Waals surface area contributed by atoms with E-state index in [9.17, 15) is 9.59 Å². The van der Waals surface area contributed by atoms with E-state index >= 15 is 0 Å². The van der Waals surface area contributed by atoms with Gasteiger partial charge in [-0.15, -0.1) is 0 Å². The van der Waals surface area contributed by atoms with Gasteiger partial charge in [-0.3, -0.25) is 9.36 Å². The number of esters is 1. The molecule has 3 aromatic rings. The fourth-order valence-corrected chi connectivity index (χ4v) is 5.27. The zero-order valence-corrected chi connectivity index (χ0v) is 22.3. The summed E-state index contributed by atoms with van der Waals surface area (Å²) in [6.07, 6.45) is 1.69. The van der Waals surface area contributed by atoms with E-state index in [0.717, 1.165) is 5.56 Å². The fraction of sp³-hybridized carbons (Fsp3) is 0.296. The van der Waals surface area contributed by atoms with Crippen molar-refractivity contribution in [2.75, 3.05) is 13.7 Å². The minimum absolute atomic E-state index is 0.0514. The van der Waals surface area contributed by atoms with Crippen LogP contribution in [0.3, 0.4) is 0 Å². The Morgan fingerprint density at radius 2 is 1.97 bits per heavy atom. The zero-order chi connectivity index (χ0) is 26.0. The van der Waals surface area contributed by atoms with Gasteiger partial charge in [-0.2, -0.15) is 0 Å². The molecule has 1 atom stereocenters. The molecule has 2 aromatic carbocycles. The Labute approximate surface area is 217 Å². The summed E-state index contributed by atoms with van der Waals surface area (Å²) in [5, 5.41) is 0.536. The average Bonchev–Trinajstić information content (AvgIpc) is 3.14. The van der Waals surface area contributed by atoms with Gasteiger partial charge in [-0.1, -0.05) is 47.2 Å². The highest BCUT2D eigenvalue weighted by Crippen LogP contribution is 2.36. The van der Waals surface area contributed by atoms with Gasteiger partial charge in [0.1, 0.15) is 0 Å². The molecule has 1 aromatic heterocycles. The molecule has 0 N–H and O–H groups in total. The van der Waals surface area contributed by atoms with Crippen LogP contribution in [0.15, 0.2) is 63.5 Å². The Morgan fingerprint density at radius 1 is 1.22 bits per heavy atom. The standard InChI is InChI=1S/C27H27ClN2O5S/c1-6-34-26(32)23-16(4)29-27-30(25(31)22(36-27)14-17-9-7-8-10-19(17)28)24(23)18-11-12-20(35-15(2)3)21(13-18)33-5/h7-15,24H,6H2,1-5H3/b22-14-/t24-/m0/s1. The summed E-state index contributed by atoms with van der Waals surface area (Å²) in [7, 11) is 1.55. The predicted octanol–water partition coefficient (Wildman–Crippen LogP) is 4.25. The van der Waals surface area contributed by atoms with Gasteiger partial charge in [0.25, 0.3) is 5.56 Å². The molecule has 188 valence electrons. The molecule has 0 spiro atoms. The summed E-state index contributed by atoms with van der Waals surface area (Å²) < 4.78 is 18.8. The number of ether oxygens (including phenoxy) is 3. The average molecular weight is 527 g/mol. The molecule has 1 aliphatic heterocycles. The van der Waals surface area contributed by atoms with Crippen molar-refractivity contribution >= 4 is 35.0 Å². The summed E-state index contributed by atoms with van der Waals surface area (Å²) in [6, 6.07) is 11.9. The van der Waals surface area contributed by atoms with Gasteiger partial charge >= 0.3 is 5.97 Å². The van der Waals surface area contributed by atoms with E-state index < -0.39 is 12.0 Å². The molecule has 0 unspecified atom stereocenters. The first kappa shape index (κ1) is 25.7. The zero-order valence-electron chi connectivity index (χ0n) is 20.7. The summed E-state index contributed by atoms with van der Waals surface area (Å²) >= 11 is 7.57. The molecule has 0 aliphatic carbocycles. The second-order valence-electron chi connectivity index (χ2n) is 8.40. The lowest BCUT2D eigenvalue weighted by Crippen LogP contribution is -2.40. The number of benzene rings is 2. The van der Waals surface area contributed by atoms with Crippen LogP contribution < -0.4 is 24.4 Å². The van der Waals surface area contributed by atoms with Gasteiger partial charge in [-0.25, -0.2) is 9.79 Å². The summed E-state index contributed by atoms with van der Waals surface area (Å²) in [5.74, 6) is 0.545. The first-order valence-electron chi connectivity index (χ1n) is 11.5. The van der Waals surface area contributed by atoms with Crippen molar-refractivity contribution < 1.29 is 19.0 Å². The van der Waals surface area contributed by atoms with Crippen molar-refractivity contribution in [1.82, 2.24) is 4.57 Å². The lowest BCUT2D eigenvalue weighted by Gasteiger charge is -2.25. The molecule has 2 heterocycles. The van der Waals surface area contributed by atoms with Gasteiger partial charge in [0.15, 0.2) is 16.3 Å². The first-order chi connectivity index (χ1) is 17.2. The van der Waals surface area contributed by atoms with E-state index in [1.54, 1.807) is 45.2 Å². The van der Waals surface area contributed by atoms with E-state index in [1.165, 1.54) is 15.9 Å². The Kier molecular flexibility index (Phi) is 7.66. The number of halogens is 1. The van der Waals surface area contributed by atoms with E-state index in [-0.39, 0.29) is 18.3 Å². The Balaban J connectivity index is 1.96. The van der Waals surface area contributed by atoms with Crippen LogP contribution in [-0.4, -0.2) is 30.4 Å². The largest absolute Gasteiger partial charge is 0.493 e. The molecule has 1 aliphatic rings. The molecule has 36 heavy (non-hydrogen) atoms. The summed E-state index contributed by atoms with van der Waals surface area (Å²) in [5.41, 5.74) is 1.91. The number of methoxy groups -OCH3 is 1. The number of fused-ring (bicyclic) bond motifs is 1. The number of rotatable bonds is 7. The van der Waals surface area contributed by atoms with E-state index in [2.05, 4.69) is 4.99 Å². The molecular formula is C27H27ClN2O5S. The number of carbonyl (C=O) groups is 1. The monoisotopic (exact) mass is 526 g/mol. The van der Waals surface area contributed by atoms with Crippen LogP contribution >= 0.6 is 22.9 Å². The molecular weight excluding hydrogens is 500 g/mol. The van der Waals surface area contributed by atoms with Gasteiger partial charge in [0.05, 0.1) is 41.7 Å². The molecule has 0 fully saturated rings. The topological polar surface area (TPSA) is 79.1 Å². The fourth-order valence-electron chi connectivity index (χ4n) is 4.05. The Hall–Kier alpha value is -3.36. The highest BCUT2D eigenvalue weighted by Gasteiger charge is 2.34. The number of carbonyl (C=O) groups excluding carboxylic acids is 1. The molecule has 0 amide bonds. The van der Waals surface area contributed by atoms with E-state index in [0.29, 0.717) is 42.7 Å². The second kappa shape index (κ2) is 10.7. The molecule has 0 saturated carbocycles. The van der Waals surface area contributed by atoms with Crippen LogP contribution in [0.2, 0.25) is 5.02 Å². The molecule has 7 nitrogen and oxygen atoms in total. The van der Waals surface area contributed by atoms with Crippen LogP contribution in [0.4, 0.5) is 0 Å². The SMILES string of the molecule is CCOC(=O)C1=C(C)N=c2s/c(=C\c3ccccc3Cl)c(=O)n2[C@H]1c1ccc(OC(C)C)c(OC)c1. The van der Waals surface area contributed by atoms with Crippen molar-refractivity contribution in [2.45, 2.75) is 39.8 Å². The minimum atomic E-state index is -0.754. The molecule has 9 heteroatoms. The van der Waals surface area contributed by atoms with Crippen LogP contribution in [0.5, 0.6) is 11.5 Å². The molecule has 4 rings (SSSR count). The van der Waals surface area contributed by atoms with Crippen molar-refractivity contribution in [3.05, 3.63) is 89.6 Å². The Morgan fingerprint density at radius 3 is 2.64 bits per heavy atom. The number of hydrogen-bond donors (Lipinski definition) is 0. The summed E-state index contributed by atoms with van der Waals surface area (Å²) in [4.78, 5) is 31.9. The van der Waals surface area contributed by atoms with Crippen LogP contribution in [-0.2, 0) is 9.53 Å². The third kappa shape index (κ3) is 4.96. The van der Waals surface area contributed by atoms with E-state index in [1.807, 2.05) is 38.1 Å². The second-order valence-corrected chi connectivity index (χ2v) is 9.82. The van der Waals surface area contributed by atoms with Gasteiger partial charge < -0.3 is 14.2 Å². The number of hydrogen-bond acceptors (Lipinski definition) is 7. The van der Waals surface area contributed by atoms with Crippen molar-refractivity contribution in [2.24, 2.45) is 4.99 Å². The van der Waals surface area contributed by atoms with Gasteiger partial charge in [-0.05, 0) is 63.1 Å². The number of allylic oxidation sites excluding steroid dienone is 1. The Bertz CT molecular complexity index is 1520. The number of nitrogens with zero attached hydrogens (tertiary/aromatic N) is 2. The predicted molar refractivity (Wildman–Crippen MR) is 141 cm³/mol. The quantitative estimate of drug-likeness (QED) is 0.430. The normalized spacial score (nSPS) is 15.5. The van der Waals surface area contributed by atoms with Crippen LogP contribution in [0.1, 0.15) is 44.9 Å². The maximum absolute atomic E-state index is 13.7. The van der Waals surface area contributed by atoms with Crippen molar-refractivity contribution in [1.29, 1.82) is 0 Å². The highest BCUT2D eigenvalue weighted by atomic mass is 35.5. The lowest BCUT2D eigenvalue weighted by molar-refractivity contribution is -0.139. The number of aromatic nitrogens is 1. The maximum Gasteiger partial charge on any atom is 0.338 e. The van der Waals surface area contributed by atoms with Gasteiger partial charge in [0, 0.05) is 5.02 Å². The van der Waals surface area contributed by atoms with Gasteiger partial charge in [0.2, 0.25) is 0 Å². The molecule has 0 bridgehead atoms. The first-order valence-corrected chi connectivity index (χ1v) is 12.7. The highest BCUT2D eigenvalue weighted by molar-refractivity contribution is 7.07. The van der Waals surface area contributed by atoms with E-state index in [4.69, 9.17) is 25.8 Å². The minimum Gasteiger partial charge on any atom is -0.493 e. The lowest BCUT2D eigenvalue weighted by atomic mass is 9.95. The molecule has 0 saturated heterocycles. The smallest absolute Gasteiger partial charge is 0.338 e. The number of thiazole rings is 1.